The van der Waals surface area contributed by atoms with Gasteiger partial charge in [-0.3, -0.25) is 9.78 Å². The van der Waals surface area contributed by atoms with E-state index in [1.807, 2.05) is 31.2 Å². The summed E-state index contributed by atoms with van der Waals surface area (Å²) in [6.07, 6.45) is 3.84. The zero-order valence-corrected chi connectivity index (χ0v) is 14.3. The Bertz CT molecular complexity index is 850. The number of ether oxygens (including phenoxy) is 2. The van der Waals surface area contributed by atoms with Crippen molar-refractivity contribution in [3.05, 3.63) is 78.2 Å². The van der Waals surface area contributed by atoms with Crippen LogP contribution in [0.15, 0.2) is 67.0 Å². The smallest absolute Gasteiger partial charge is 0.248 e. The van der Waals surface area contributed by atoms with Crippen LogP contribution in [-0.4, -0.2) is 15.9 Å². The molecule has 2 N–H and O–H groups in total. The molecule has 0 bridgehead atoms. The second-order valence-corrected chi connectivity index (χ2v) is 5.59. The van der Waals surface area contributed by atoms with Crippen LogP contribution < -0.4 is 15.2 Å². The minimum atomic E-state index is -0.464. The zero-order valence-electron chi connectivity index (χ0n) is 14.3. The number of amides is 1. The van der Waals surface area contributed by atoms with Crippen LogP contribution in [0.3, 0.4) is 0 Å². The van der Waals surface area contributed by atoms with Gasteiger partial charge in [-0.1, -0.05) is 13.0 Å². The Morgan fingerprint density at radius 3 is 2.38 bits per heavy atom. The van der Waals surface area contributed by atoms with E-state index in [9.17, 15) is 4.79 Å². The van der Waals surface area contributed by atoms with E-state index in [0.29, 0.717) is 22.9 Å². The van der Waals surface area contributed by atoms with Gasteiger partial charge in [0.25, 0.3) is 0 Å². The molecule has 6 nitrogen and oxygen atoms in total. The van der Waals surface area contributed by atoms with Gasteiger partial charge in [0.05, 0.1) is 11.9 Å². The average Bonchev–Trinajstić information content (AvgIpc) is 2.68. The molecule has 0 aliphatic carbocycles. The molecule has 1 aromatic carbocycles. The Morgan fingerprint density at radius 2 is 1.81 bits per heavy atom. The number of nitrogens with two attached hydrogens (primary N) is 1. The molecule has 132 valence electrons. The molecule has 3 rings (SSSR count). The topological polar surface area (TPSA) is 87.3 Å². The quantitative estimate of drug-likeness (QED) is 0.699. The van der Waals surface area contributed by atoms with E-state index in [2.05, 4.69) is 9.97 Å². The maximum atomic E-state index is 11.1. The highest BCUT2D eigenvalue weighted by molar-refractivity contribution is 5.92. The number of carbonyl (C=O) groups is 1. The zero-order chi connectivity index (χ0) is 18.4. The molecule has 26 heavy (non-hydrogen) atoms. The number of benzene rings is 1. The van der Waals surface area contributed by atoms with E-state index in [4.69, 9.17) is 15.2 Å². The molecular formula is C20H19N3O3. The van der Waals surface area contributed by atoms with Crippen molar-refractivity contribution in [1.29, 1.82) is 0 Å². The van der Waals surface area contributed by atoms with Gasteiger partial charge in [-0.25, -0.2) is 4.98 Å². The van der Waals surface area contributed by atoms with Crippen molar-refractivity contribution in [1.82, 2.24) is 9.97 Å². The first kappa shape index (κ1) is 17.4. The fraction of sp³-hybridized carbons (Fsp3) is 0.150. The molecule has 0 radical (unpaired) electrons. The Balaban J connectivity index is 1.68. The van der Waals surface area contributed by atoms with Crippen molar-refractivity contribution in [2.24, 2.45) is 5.73 Å². The molecule has 0 saturated carbocycles. The number of pyridine rings is 2. The average molecular weight is 349 g/mol. The summed E-state index contributed by atoms with van der Waals surface area (Å²) in [7, 11) is 0. The minimum Gasteiger partial charge on any atom is -0.484 e. The van der Waals surface area contributed by atoms with Crippen LogP contribution in [0.25, 0.3) is 0 Å². The molecule has 0 fully saturated rings. The van der Waals surface area contributed by atoms with Gasteiger partial charge in [0, 0.05) is 17.8 Å². The predicted octanol–water partition coefficient (Wildman–Crippen LogP) is 3.90. The minimum absolute atomic E-state index is 0.210. The lowest BCUT2D eigenvalue weighted by atomic mass is 10.1. The Hall–Kier alpha value is -3.41. The van der Waals surface area contributed by atoms with Gasteiger partial charge in [0.2, 0.25) is 11.8 Å². The highest BCUT2D eigenvalue weighted by atomic mass is 16.5. The second-order valence-electron chi connectivity index (χ2n) is 5.59. The van der Waals surface area contributed by atoms with E-state index in [-0.39, 0.29) is 6.10 Å². The van der Waals surface area contributed by atoms with Crippen molar-refractivity contribution in [2.75, 3.05) is 0 Å². The molecule has 1 unspecified atom stereocenters. The van der Waals surface area contributed by atoms with Crippen LogP contribution in [-0.2, 0) is 0 Å². The van der Waals surface area contributed by atoms with Gasteiger partial charge >= 0.3 is 0 Å². The monoisotopic (exact) mass is 349 g/mol. The predicted molar refractivity (Wildman–Crippen MR) is 97.2 cm³/mol. The van der Waals surface area contributed by atoms with Crippen LogP contribution in [0.2, 0.25) is 0 Å². The first-order valence-corrected chi connectivity index (χ1v) is 8.27. The van der Waals surface area contributed by atoms with Gasteiger partial charge < -0.3 is 15.2 Å². The molecule has 1 atom stereocenters. The summed E-state index contributed by atoms with van der Waals surface area (Å²) in [6, 6.07) is 15.9. The Labute approximate surface area is 151 Å². The molecule has 0 saturated heterocycles. The molecular weight excluding hydrogens is 330 g/mol. The summed E-state index contributed by atoms with van der Waals surface area (Å²) < 4.78 is 11.6. The van der Waals surface area contributed by atoms with Crippen molar-refractivity contribution >= 4 is 5.91 Å². The number of hydrogen-bond donors (Lipinski definition) is 1. The van der Waals surface area contributed by atoms with Crippen LogP contribution in [0.5, 0.6) is 17.4 Å². The third kappa shape index (κ3) is 4.36. The number of nitrogens with zero attached hydrogens (tertiary/aromatic N) is 2. The molecule has 0 aliphatic heterocycles. The number of hydrogen-bond acceptors (Lipinski definition) is 5. The standard InChI is InChI=1S/C20H19N3O3/c1-2-18(25-15-8-6-14(7-9-15)20(21)24)17-11-10-16(13-23-17)26-19-5-3-4-12-22-19/h3-13,18H,2H2,1H3,(H2,21,24). The number of rotatable bonds is 7. The molecule has 6 heteroatoms. The van der Waals surface area contributed by atoms with E-state index in [1.165, 1.54) is 0 Å². The van der Waals surface area contributed by atoms with Crippen LogP contribution in [0, 0.1) is 0 Å². The van der Waals surface area contributed by atoms with Gasteiger partial charge in [0.1, 0.15) is 17.6 Å². The van der Waals surface area contributed by atoms with E-state index in [0.717, 1.165) is 12.1 Å². The summed E-state index contributed by atoms with van der Waals surface area (Å²) in [5.74, 6) is 1.30. The van der Waals surface area contributed by atoms with Crippen LogP contribution in [0.4, 0.5) is 0 Å². The highest BCUT2D eigenvalue weighted by Crippen LogP contribution is 2.26. The van der Waals surface area contributed by atoms with E-state index in [1.54, 1.807) is 42.7 Å². The molecule has 3 aromatic rings. The number of carbonyl (C=O) groups excluding carboxylic acids is 1. The Morgan fingerprint density at radius 1 is 1.04 bits per heavy atom. The summed E-state index contributed by atoms with van der Waals surface area (Å²) >= 11 is 0. The highest BCUT2D eigenvalue weighted by Gasteiger charge is 2.13. The second kappa shape index (κ2) is 8.11. The van der Waals surface area contributed by atoms with E-state index >= 15 is 0 Å². The van der Waals surface area contributed by atoms with Gasteiger partial charge in [-0.2, -0.15) is 0 Å². The lowest BCUT2D eigenvalue weighted by molar-refractivity contribution is 0.1000. The summed E-state index contributed by atoms with van der Waals surface area (Å²) in [5.41, 5.74) is 6.48. The van der Waals surface area contributed by atoms with Crippen molar-refractivity contribution < 1.29 is 14.3 Å². The van der Waals surface area contributed by atoms with Gasteiger partial charge in [-0.15, -0.1) is 0 Å². The summed E-state index contributed by atoms with van der Waals surface area (Å²) in [6.45, 7) is 2.02. The molecule has 2 heterocycles. The SMILES string of the molecule is CCC(Oc1ccc(C(N)=O)cc1)c1ccc(Oc2ccccn2)cn1. The molecule has 2 aromatic heterocycles. The number of primary amides is 1. The van der Waals surface area contributed by atoms with E-state index < -0.39 is 5.91 Å². The Kier molecular flexibility index (Phi) is 5.43. The number of aromatic nitrogens is 2. The molecule has 0 aliphatic rings. The van der Waals surface area contributed by atoms with Crippen LogP contribution in [0.1, 0.15) is 35.5 Å². The van der Waals surface area contributed by atoms with Crippen molar-refractivity contribution in [3.8, 4) is 17.4 Å². The summed E-state index contributed by atoms with van der Waals surface area (Å²) in [4.78, 5) is 19.7. The lowest BCUT2D eigenvalue weighted by Gasteiger charge is -2.17. The maximum absolute atomic E-state index is 11.1. The van der Waals surface area contributed by atoms with Gasteiger partial charge in [0.15, 0.2) is 0 Å². The molecule has 1 amide bonds. The molecule has 0 spiro atoms. The normalized spacial score (nSPS) is 11.6. The first-order chi connectivity index (χ1) is 12.7. The maximum Gasteiger partial charge on any atom is 0.248 e. The third-order valence-corrected chi connectivity index (χ3v) is 3.74. The van der Waals surface area contributed by atoms with Gasteiger partial charge in [-0.05, 0) is 48.9 Å². The fourth-order valence-electron chi connectivity index (χ4n) is 2.39. The fourth-order valence-corrected chi connectivity index (χ4v) is 2.39. The first-order valence-electron chi connectivity index (χ1n) is 8.27. The van der Waals surface area contributed by atoms with Crippen molar-refractivity contribution in [2.45, 2.75) is 19.4 Å². The largest absolute Gasteiger partial charge is 0.484 e. The summed E-state index contributed by atoms with van der Waals surface area (Å²) in [5, 5.41) is 0. The van der Waals surface area contributed by atoms with Crippen LogP contribution >= 0.6 is 0 Å². The van der Waals surface area contributed by atoms with Crippen molar-refractivity contribution in [3.63, 3.8) is 0 Å². The lowest BCUT2D eigenvalue weighted by Crippen LogP contribution is -2.11. The third-order valence-electron chi connectivity index (χ3n) is 3.74.